The molecule has 0 radical (unpaired) electrons. The lowest BCUT2D eigenvalue weighted by Gasteiger charge is -2.34. The second-order valence-electron chi connectivity index (χ2n) is 5.99. The van der Waals surface area contributed by atoms with Gasteiger partial charge in [0.25, 0.3) is 0 Å². The highest BCUT2D eigenvalue weighted by Gasteiger charge is 2.24. The van der Waals surface area contributed by atoms with Crippen LogP contribution in [0.15, 0.2) is 18.2 Å². The van der Waals surface area contributed by atoms with E-state index in [1.54, 1.807) is 11.8 Å². The van der Waals surface area contributed by atoms with Crippen LogP contribution in [-0.2, 0) is 9.53 Å². The number of nitrogens with one attached hydrogen (secondary N) is 1. The Kier molecular flexibility index (Phi) is 6.46. The standard InChI is InChI=1S/C18H27N3O3/c1-4-24-18(23)21-12-10-20(11-13-21)17(22)8-9-19-16-7-5-6-14(2)15(16)3/h5-7,19H,4,8-13H2,1-3H3. The van der Waals surface area contributed by atoms with Gasteiger partial charge in [-0.3, -0.25) is 4.79 Å². The molecule has 0 aromatic heterocycles. The van der Waals surface area contributed by atoms with Crippen LogP contribution < -0.4 is 5.32 Å². The van der Waals surface area contributed by atoms with Crippen molar-refractivity contribution in [1.29, 1.82) is 0 Å². The Morgan fingerprint density at radius 3 is 2.46 bits per heavy atom. The van der Waals surface area contributed by atoms with Crippen LogP contribution in [0.25, 0.3) is 0 Å². The molecule has 24 heavy (non-hydrogen) atoms. The number of piperazine rings is 1. The number of hydrogen-bond donors (Lipinski definition) is 1. The number of nitrogens with zero attached hydrogens (tertiary/aromatic N) is 2. The van der Waals surface area contributed by atoms with E-state index in [-0.39, 0.29) is 12.0 Å². The third kappa shape index (κ3) is 4.63. The van der Waals surface area contributed by atoms with Crippen LogP contribution in [0.1, 0.15) is 24.5 Å². The molecule has 0 atom stereocenters. The van der Waals surface area contributed by atoms with Gasteiger partial charge < -0.3 is 19.9 Å². The number of rotatable bonds is 5. The van der Waals surface area contributed by atoms with E-state index in [4.69, 9.17) is 4.74 Å². The minimum atomic E-state index is -0.291. The summed E-state index contributed by atoms with van der Waals surface area (Å²) in [6.07, 6.45) is 0.161. The predicted molar refractivity (Wildman–Crippen MR) is 94.2 cm³/mol. The molecule has 1 N–H and O–H groups in total. The molecule has 6 nitrogen and oxygen atoms in total. The van der Waals surface area contributed by atoms with Gasteiger partial charge >= 0.3 is 6.09 Å². The zero-order chi connectivity index (χ0) is 17.5. The van der Waals surface area contributed by atoms with Crippen LogP contribution in [0.5, 0.6) is 0 Å². The van der Waals surface area contributed by atoms with Crippen molar-refractivity contribution in [3.05, 3.63) is 29.3 Å². The lowest BCUT2D eigenvalue weighted by Crippen LogP contribution is -2.50. The topological polar surface area (TPSA) is 61.9 Å². The summed E-state index contributed by atoms with van der Waals surface area (Å²) in [6, 6.07) is 6.13. The van der Waals surface area contributed by atoms with E-state index in [9.17, 15) is 9.59 Å². The summed E-state index contributed by atoms with van der Waals surface area (Å²) in [7, 11) is 0. The zero-order valence-corrected chi connectivity index (χ0v) is 14.8. The fraction of sp³-hybridized carbons (Fsp3) is 0.556. The molecule has 0 bridgehead atoms. The maximum atomic E-state index is 12.3. The van der Waals surface area contributed by atoms with Gasteiger partial charge in [0.1, 0.15) is 0 Å². The Bertz CT molecular complexity index is 581. The van der Waals surface area contributed by atoms with Crippen molar-refractivity contribution < 1.29 is 14.3 Å². The Morgan fingerprint density at radius 2 is 1.79 bits per heavy atom. The summed E-state index contributed by atoms with van der Waals surface area (Å²) in [4.78, 5) is 27.4. The molecule has 0 spiro atoms. The van der Waals surface area contributed by atoms with Gasteiger partial charge in [-0.05, 0) is 38.0 Å². The fourth-order valence-corrected chi connectivity index (χ4v) is 2.76. The molecule has 0 aliphatic carbocycles. The van der Waals surface area contributed by atoms with Gasteiger partial charge in [0.15, 0.2) is 0 Å². The van der Waals surface area contributed by atoms with Crippen molar-refractivity contribution in [2.75, 3.05) is 44.6 Å². The number of benzene rings is 1. The SMILES string of the molecule is CCOC(=O)N1CCN(C(=O)CCNc2cccc(C)c2C)CC1. The molecular weight excluding hydrogens is 306 g/mol. The molecule has 1 fully saturated rings. The fourth-order valence-electron chi connectivity index (χ4n) is 2.76. The second-order valence-corrected chi connectivity index (χ2v) is 5.99. The predicted octanol–water partition coefficient (Wildman–Crippen LogP) is 2.41. The zero-order valence-electron chi connectivity index (χ0n) is 14.8. The molecule has 1 aliphatic heterocycles. The summed E-state index contributed by atoms with van der Waals surface area (Å²) in [6.45, 7) is 9.15. The monoisotopic (exact) mass is 333 g/mol. The average Bonchev–Trinajstić information content (AvgIpc) is 2.59. The highest BCUT2D eigenvalue weighted by molar-refractivity contribution is 5.77. The summed E-state index contributed by atoms with van der Waals surface area (Å²) in [5.41, 5.74) is 3.53. The molecule has 0 saturated carbocycles. The largest absolute Gasteiger partial charge is 0.450 e. The first-order chi connectivity index (χ1) is 11.5. The number of hydrogen-bond acceptors (Lipinski definition) is 4. The van der Waals surface area contributed by atoms with Crippen molar-refractivity contribution in [2.45, 2.75) is 27.2 Å². The van der Waals surface area contributed by atoms with Crippen LogP contribution in [-0.4, -0.2) is 61.1 Å². The Labute approximate surface area is 143 Å². The normalized spacial score (nSPS) is 14.5. The summed E-state index contributed by atoms with van der Waals surface area (Å²) in [5, 5.41) is 3.34. The van der Waals surface area contributed by atoms with Crippen LogP contribution in [0.2, 0.25) is 0 Å². The number of ether oxygens (including phenoxy) is 1. The van der Waals surface area contributed by atoms with Crippen molar-refractivity contribution in [3.8, 4) is 0 Å². The lowest BCUT2D eigenvalue weighted by molar-refractivity contribution is -0.132. The van der Waals surface area contributed by atoms with Crippen LogP contribution >= 0.6 is 0 Å². The Morgan fingerprint density at radius 1 is 1.12 bits per heavy atom. The molecule has 2 rings (SSSR count). The van der Waals surface area contributed by atoms with Gasteiger partial charge in [0.05, 0.1) is 6.61 Å². The third-order valence-corrected chi connectivity index (χ3v) is 4.42. The number of amides is 2. The van der Waals surface area contributed by atoms with Crippen LogP contribution in [0.3, 0.4) is 0 Å². The Balaban J connectivity index is 1.74. The minimum Gasteiger partial charge on any atom is -0.450 e. The van der Waals surface area contributed by atoms with E-state index in [1.807, 2.05) is 17.0 Å². The van der Waals surface area contributed by atoms with E-state index in [1.165, 1.54) is 11.1 Å². The van der Waals surface area contributed by atoms with E-state index in [0.29, 0.717) is 45.8 Å². The van der Waals surface area contributed by atoms with Gasteiger partial charge in [0, 0.05) is 44.8 Å². The molecule has 1 aromatic rings. The third-order valence-electron chi connectivity index (χ3n) is 4.42. The van der Waals surface area contributed by atoms with E-state index in [2.05, 4.69) is 25.2 Å². The van der Waals surface area contributed by atoms with Gasteiger partial charge in [-0.25, -0.2) is 4.79 Å². The molecule has 6 heteroatoms. The minimum absolute atomic E-state index is 0.122. The maximum Gasteiger partial charge on any atom is 0.409 e. The maximum absolute atomic E-state index is 12.3. The summed E-state index contributed by atoms with van der Waals surface area (Å²) < 4.78 is 4.99. The van der Waals surface area contributed by atoms with E-state index >= 15 is 0 Å². The highest BCUT2D eigenvalue weighted by atomic mass is 16.6. The molecule has 1 aromatic carbocycles. The molecule has 0 unspecified atom stereocenters. The van der Waals surface area contributed by atoms with Gasteiger partial charge in [-0.2, -0.15) is 0 Å². The van der Waals surface area contributed by atoms with Crippen molar-refractivity contribution in [2.24, 2.45) is 0 Å². The molecule has 2 amide bonds. The van der Waals surface area contributed by atoms with Gasteiger partial charge in [-0.1, -0.05) is 12.1 Å². The molecule has 1 saturated heterocycles. The summed E-state index contributed by atoms with van der Waals surface area (Å²) in [5.74, 6) is 0.122. The smallest absolute Gasteiger partial charge is 0.409 e. The molecular formula is C18H27N3O3. The number of anilines is 1. The van der Waals surface area contributed by atoms with Crippen LogP contribution in [0.4, 0.5) is 10.5 Å². The first kappa shape index (κ1) is 18.1. The van der Waals surface area contributed by atoms with E-state index in [0.717, 1.165) is 5.69 Å². The van der Waals surface area contributed by atoms with Crippen molar-refractivity contribution in [1.82, 2.24) is 9.80 Å². The van der Waals surface area contributed by atoms with Crippen LogP contribution in [0, 0.1) is 13.8 Å². The molecule has 132 valence electrons. The summed E-state index contributed by atoms with van der Waals surface area (Å²) >= 11 is 0. The first-order valence-electron chi connectivity index (χ1n) is 8.52. The van der Waals surface area contributed by atoms with Crippen molar-refractivity contribution in [3.63, 3.8) is 0 Å². The lowest BCUT2D eigenvalue weighted by atomic mass is 10.1. The first-order valence-corrected chi connectivity index (χ1v) is 8.52. The number of carbonyl (C=O) groups excluding carboxylic acids is 2. The van der Waals surface area contributed by atoms with Gasteiger partial charge in [-0.15, -0.1) is 0 Å². The van der Waals surface area contributed by atoms with Gasteiger partial charge in [0.2, 0.25) is 5.91 Å². The number of aryl methyl sites for hydroxylation is 1. The highest BCUT2D eigenvalue weighted by Crippen LogP contribution is 2.17. The molecule has 1 heterocycles. The average molecular weight is 333 g/mol. The second kappa shape index (κ2) is 8.57. The van der Waals surface area contributed by atoms with Crippen molar-refractivity contribution >= 4 is 17.7 Å². The quantitative estimate of drug-likeness (QED) is 0.899. The van der Waals surface area contributed by atoms with E-state index < -0.39 is 0 Å². The number of carbonyl (C=O) groups is 2. The molecule has 1 aliphatic rings. The Hall–Kier alpha value is -2.24.